The van der Waals surface area contributed by atoms with E-state index in [4.69, 9.17) is 5.73 Å². The van der Waals surface area contributed by atoms with Gasteiger partial charge in [0.25, 0.3) is 0 Å². The fourth-order valence-electron chi connectivity index (χ4n) is 3.65. The molecule has 1 aliphatic heterocycles. The standard InChI is InChI=1S/C15H20F2N2/c16-13-6-10(4-5-18)7-14(17)15(13)19-8-11-2-1-3-12(11)9-19/h6-7,11-12H,1-5,8-9,18H2. The van der Waals surface area contributed by atoms with E-state index in [0.717, 1.165) is 13.1 Å². The van der Waals surface area contributed by atoms with E-state index >= 15 is 0 Å². The van der Waals surface area contributed by atoms with Gasteiger partial charge in [-0.3, -0.25) is 0 Å². The first kappa shape index (κ1) is 12.9. The van der Waals surface area contributed by atoms with Crippen LogP contribution >= 0.6 is 0 Å². The number of halogens is 2. The zero-order chi connectivity index (χ0) is 13.4. The maximum Gasteiger partial charge on any atom is 0.149 e. The fourth-order valence-corrected chi connectivity index (χ4v) is 3.65. The summed E-state index contributed by atoms with van der Waals surface area (Å²) in [7, 11) is 0. The van der Waals surface area contributed by atoms with Crippen LogP contribution < -0.4 is 10.6 Å². The second-order valence-electron chi connectivity index (χ2n) is 5.80. The maximum absolute atomic E-state index is 14.1. The molecule has 1 heterocycles. The highest BCUT2D eigenvalue weighted by molar-refractivity contribution is 5.52. The topological polar surface area (TPSA) is 29.3 Å². The van der Waals surface area contributed by atoms with Crippen LogP contribution in [0.5, 0.6) is 0 Å². The smallest absolute Gasteiger partial charge is 0.149 e. The molecule has 0 amide bonds. The minimum absolute atomic E-state index is 0.162. The van der Waals surface area contributed by atoms with Crippen molar-refractivity contribution >= 4 is 5.69 Å². The summed E-state index contributed by atoms with van der Waals surface area (Å²) in [6.45, 7) is 2.01. The monoisotopic (exact) mass is 266 g/mol. The van der Waals surface area contributed by atoms with E-state index in [1.807, 2.05) is 4.90 Å². The second-order valence-corrected chi connectivity index (χ2v) is 5.80. The van der Waals surface area contributed by atoms with Crippen molar-refractivity contribution in [2.45, 2.75) is 25.7 Å². The highest BCUT2D eigenvalue weighted by Crippen LogP contribution is 2.40. The Kier molecular flexibility index (Phi) is 3.44. The molecule has 2 fully saturated rings. The van der Waals surface area contributed by atoms with Crippen LogP contribution in [0.2, 0.25) is 0 Å². The minimum atomic E-state index is -0.441. The van der Waals surface area contributed by atoms with Gasteiger partial charge in [-0.2, -0.15) is 0 Å². The molecule has 2 atom stereocenters. The van der Waals surface area contributed by atoms with E-state index < -0.39 is 11.6 Å². The molecular formula is C15H20F2N2. The third-order valence-corrected chi connectivity index (χ3v) is 4.55. The Hall–Kier alpha value is -1.16. The molecule has 2 nitrogen and oxygen atoms in total. The van der Waals surface area contributed by atoms with Crippen molar-refractivity contribution in [3.63, 3.8) is 0 Å². The Labute approximate surface area is 112 Å². The normalized spacial score (nSPS) is 25.9. The van der Waals surface area contributed by atoms with Gasteiger partial charge in [0.2, 0.25) is 0 Å². The average Bonchev–Trinajstić information content (AvgIpc) is 2.89. The van der Waals surface area contributed by atoms with E-state index in [1.54, 1.807) is 0 Å². The summed E-state index contributed by atoms with van der Waals surface area (Å²) < 4.78 is 28.3. The van der Waals surface area contributed by atoms with Crippen LogP contribution in [-0.2, 0) is 6.42 Å². The minimum Gasteiger partial charge on any atom is -0.366 e. The molecule has 3 rings (SSSR count). The van der Waals surface area contributed by atoms with Crippen LogP contribution in [0.25, 0.3) is 0 Å². The Morgan fingerprint density at radius 2 is 1.68 bits per heavy atom. The van der Waals surface area contributed by atoms with Gasteiger partial charge < -0.3 is 10.6 Å². The fraction of sp³-hybridized carbons (Fsp3) is 0.600. The van der Waals surface area contributed by atoms with Crippen molar-refractivity contribution in [1.29, 1.82) is 0 Å². The number of hydrogen-bond acceptors (Lipinski definition) is 2. The Morgan fingerprint density at radius 1 is 1.11 bits per heavy atom. The lowest BCUT2D eigenvalue weighted by Gasteiger charge is -2.21. The second kappa shape index (κ2) is 5.08. The number of hydrogen-bond donors (Lipinski definition) is 1. The lowest BCUT2D eigenvalue weighted by Crippen LogP contribution is -2.23. The van der Waals surface area contributed by atoms with Gasteiger partial charge in [0.15, 0.2) is 0 Å². The molecule has 1 aromatic carbocycles. The van der Waals surface area contributed by atoms with Crippen LogP contribution in [0, 0.1) is 23.5 Å². The number of nitrogens with two attached hydrogens (primary N) is 1. The summed E-state index contributed by atoms with van der Waals surface area (Å²) in [5, 5.41) is 0. The van der Waals surface area contributed by atoms with Gasteiger partial charge in [-0.15, -0.1) is 0 Å². The Bertz CT molecular complexity index is 440. The quantitative estimate of drug-likeness (QED) is 0.911. The molecule has 2 aliphatic rings. The summed E-state index contributed by atoms with van der Waals surface area (Å²) in [4.78, 5) is 1.89. The highest BCUT2D eigenvalue weighted by atomic mass is 19.1. The third-order valence-electron chi connectivity index (χ3n) is 4.55. The number of rotatable bonds is 3. The van der Waals surface area contributed by atoms with Crippen LogP contribution in [-0.4, -0.2) is 19.6 Å². The zero-order valence-corrected chi connectivity index (χ0v) is 11.0. The summed E-state index contributed by atoms with van der Waals surface area (Å²) in [6.07, 6.45) is 4.19. The van der Waals surface area contributed by atoms with Crippen LogP contribution in [0.3, 0.4) is 0 Å². The van der Waals surface area contributed by atoms with Crippen molar-refractivity contribution in [1.82, 2.24) is 0 Å². The number of nitrogens with zero attached hydrogens (tertiary/aromatic N) is 1. The van der Waals surface area contributed by atoms with E-state index in [-0.39, 0.29) is 5.69 Å². The van der Waals surface area contributed by atoms with E-state index in [1.165, 1.54) is 31.4 Å². The van der Waals surface area contributed by atoms with Gasteiger partial charge in [0, 0.05) is 13.1 Å². The number of benzene rings is 1. The summed E-state index contributed by atoms with van der Waals surface area (Å²) >= 11 is 0. The van der Waals surface area contributed by atoms with Gasteiger partial charge in [-0.1, -0.05) is 6.42 Å². The van der Waals surface area contributed by atoms with E-state index in [0.29, 0.717) is 30.4 Å². The van der Waals surface area contributed by atoms with Crippen LogP contribution in [0.1, 0.15) is 24.8 Å². The first-order valence-electron chi connectivity index (χ1n) is 7.12. The molecule has 2 N–H and O–H groups in total. The third kappa shape index (κ3) is 2.34. The van der Waals surface area contributed by atoms with Crippen molar-refractivity contribution in [2.24, 2.45) is 17.6 Å². The van der Waals surface area contributed by atoms with E-state index in [9.17, 15) is 8.78 Å². The molecule has 2 unspecified atom stereocenters. The Balaban J connectivity index is 1.85. The summed E-state index contributed by atoms with van der Waals surface area (Å²) in [5.41, 5.74) is 6.23. The van der Waals surface area contributed by atoms with Crippen molar-refractivity contribution in [3.8, 4) is 0 Å². The molecule has 1 saturated carbocycles. The first-order valence-corrected chi connectivity index (χ1v) is 7.12. The lowest BCUT2D eigenvalue weighted by molar-refractivity contribution is 0.494. The number of fused-ring (bicyclic) bond motifs is 1. The molecule has 19 heavy (non-hydrogen) atoms. The molecule has 4 heteroatoms. The summed E-state index contributed by atoms with van der Waals surface area (Å²) in [6, 6.07) is 2.86. The van der Waals surface area contributed by atoms with Gasteiger partial charge in [-0.05, 0) is 55.3 Å². The lowest BCUT2D eigenvalue weighted by atomic mass is 10.0. The summed E-state index contributed by atoms with van der Waals surface area (Å²) in [5.74, 6) is 0.372. The molecular weight excluding hydrogens is 246 g/mol. The van der Waals surface area contributed by atoms with Gasteiger partial charge in [0.1, 0.15) is 17.3 Å². The number of anilines is 1. The Morgan fingerprint density at radius 3 is 2.21 bits per heavy atom. The maximum atomic E-state index is 14.1. The molecule has 1 aliphatic carbocycles. The highest BCUT2D eigenvalue weighted by Gasteiger charge is 2.37. The van der Waals surface area contributed by atoms with E-state index in [2.05, 4.69) is 0 Å². The van der Waals surface area contributed by atoms with Gasteiger partial charge >= 0.3 is 0 Å². The van der Waals surface area contributed by atoms with Crippen molar-refractivity contribution < 1.29 is 8.78 Å². The molecule has 0 radical (unpaired) electrons. The first-order chi connectivity index (χ1) is 9.19. The molecule has 104 valence electrons. The molecule has 1 saturated heterocycles. The van der Waals surface area contributed by atoms with Crippen LogP contribution in [0.4, 0.5) is 14.5 Å². The van der Waals surface area contributed by atoms with Gasteiger partial charge in [0.05, 0.1) is 0 Å². The molecule has 0 bridgehead atoms. The molecule has 0 aromatic heterocycles. The molecule has 1 aromatic rings. The van der Waals surface area contributed by atoms with Crippen molar-refractivity contribution in [3.05, 3.63) is 29.3 Å². The van der Waals surface area contributed by atoms with Crippen molar-refractivity contribution in [2.75, 3.05) is 24.5 Å². The van der Waals surface area contributed by atoms with Gasteiger partial charge in [-0.25, -0.2) is 8.78 Å². The predicted octanol–water partition coefficient (Wildman–Crippen LogP) is 2.70. The zero-order valence-electron chi connectivity index (χ0n) is 11.0. The predicted molar refractivity (Wildman–Crippen MR) is 72.2 cm³/mol. The largest absolute Gasteiger partial charge is 0.366 e. The SMILES string of the molecule is NCCc1cc(F)c(N2CC3CCCC3C2)c(F)c1. The average molecular weight is 266 g/mol. The van der Waals surface area contributed by atoms with Crippen LogP contribution in [0.15, 0.2) is 12.1 Å². The molecule has 0 spiro atoms.